The van der Waals surface area contributed by atoms with Gasteiger partial charge in [-0.15, -0.1) is 0 Å². The molecule has 0 radical (unpaired) electrons. The number of nitrogens with one attached hydrogen (secondary N) is 1. The van der Waals surface area contributed by atoms with Crippen LogP contribution in [0.4, 0.5) is 5.69 Å². The average Bonchev–Trinajstić information content (AvgIpc) is 2.53. The Morgan fingerprint density at radius 1 is 1.22 bits per heavy atom. The lowest BCUT2D eigenvalue weighted by Crippen LogP contribution is -2.22. The van der Waals surface area contributed by atoms with E-state index in [-0.39, 0.29) is 17.6 Å². The summed E-state index contributed by atoms with van der Waals surface area (Å²) in [6.07, 6.45) is 1.77. The third kappa shape index (κ3) is 5.10. The molecular weight excluding hydrogens is 310 g/mol. The van der Waals surface area contributed by atoms with Crippen molar-refractivity contribution < 1.29 is 9.59 Å². The van der Waals surface area contributed by atoms with E-state index in [1.165, 1.54) is 16.7 Å². The normalized spacial score (nSPS) is 10.2. The average molecular weight is 329 g/mol. The molecule has 5 nitrogen and oxygen atoms in total. The molecule has 6 heteroatoms. The molecular formula is C17H19N3O2S. The molecule has 2 aromatic rings. The molecule has 23 heavy (non-hydrogen) atoms. The zero-order valence-corrected chi connectivity index (χ0v) is 14.2. The number of amides is 2. The number of thioether (sulfide) groups is 1. The van der Waals surface area contributed by atoms with Crippen LogP contribution in [-0.2, 0) is 4.79 Å². The van der Waals surface area contributed by atoms with E-state index < -0.39 is 0 Å². The van der Waals surface area contributed by atoms with E-state index in [1.807, 2.05) is 19.1 Å². The van der Waals surface area contributed by atoms with E-state index >= 15 is 0 Å². The predicted octanol–water partition coefficient (Wildman–Crippen LogP) is 2.82. The minimum atomic E-state index is -0.133. The lowest BCUT2D eigenvalue weighted by Gasteiger charge is -2.11. The second-order valence-corrected chi connectivity index (χ2v) is 6.29. The summed E-state index contributed by atoms with van der Waals surface area (Å²) >= 11 is 1.37. The first-order valence-corrected chi connectivity index (χ1v) is 8.11. The maximum absolute atomic E-state index is 12.0. The van der Waals surface area contributed by atoms with Crippen molar-refractivity contribution in [2.75, 3.05) is 25.2 Å². The van der Waals surface area contributed by atoms with Crippen LogP contribution in [0.1, 0.15) is 15.9 Å². The summed E-state index contributed by atoms with van der Waals surface area (Å²) < 4.78 is 0. The van der Waals surface area contributed by atoms with Gasteiger partial charge in [0, 0.05) is 31.5 Å². The SMILES string of the molecule is Cc1ccc(SCC(=O)Nc2cccc(C(=O)N(C)C)c2)nc1. The van der Waals surface area contributed by atoms with Crippen LogP contribution in [0.3, 0.4) is 0 Å². The first-order chi connectivity index (χ1) is 11.0. The van der Waals surface area contributed by atoms with Crippen LogP contribution in [0, 0.1) is 6.92 Å². The van der Waals surface area contributed by atoms with Crippen molar-refractivity contribution in [3.8, 4) is 0 Å². The fraction of sp³-hybridized carbons (Fsp3) is 0.235. The monoisotopic (exact) mass is 329 g/mol. The highest BCUT2D eigenvalue weighted by molar-refractivity contribution is 7.99. The van der Waals surface area contributed by atoms with Gasteiger partial charge in [0.05, 0.1) is 10.8 Å². The van der Waals surface area contributed by atoms with E-state index in [0.29, 0.717) is 11.3 Å². The highest BCUT2D eigenvalue weighted by Gasteiger charge is 2.10. The van der Waals surface area contributed by atoms with E-state index in [0.717, 1.165) is 10.6 Å². The standard InChI is InChI=1S/C17H19N3O2S/c1-12-7-8-16(18-10-12)23-11-15(21)19-14-6-4-5-13(9-14)17(22)20(2)3/h4-10H,11H2,1-3H3,(H,19,21). The van der Waals surface area contributed by atoms with Crippen LogP contribution in [0.15, 0.2) is 47.6 Å². The highest BCUT2D eigenvalue weighted by Crippen LogP contribution is 2.17. The van der Waals surface area contributed by atoms with Gasteiger partial charge in [-0.3, -0.25) is 9.59 Å². The molecule has 0 spiro atoms. The van der Waals surface area contributed by atoms with Crippen molar-refractivity contribution in [3.63, 3.8) is 0 Å². The highest BCUT2D eigenvalue weighted by atomic mass is 32.2. The molecule has 1 aromatic heterocycles. The molecule has 0 saturated heterocycles. The number of benzene rings is 1. The van der Waals surface area contributed by atoms with Gasteiger partial charge in [0.2, 0.25) is 5.91 Å². The summed E-state index contributed by atoms with van der Waals surface area (Å²) in [6.45, 7) is 1.97. The summed E-state index contributed by atoms with van der Waals surface area (Å²) in [5, 5.41) is 3.61. The minimum absolute atomic E-state index is 0.0978. The number of carbonyl (C=O) groups is 2. The molecule has 0 fully saturated rings. The van der Waals surface area contributed by atoms with Crippen LogP contribution in [0.2, 0.25) is 0 Å². The Morgan fingerprint density at radius 3 is 2.65 bits per heavy atom. The number of pyridine rings is 1. The summed E-state index contributed by atoms with van der Waals surface area (Å²) in [6, 6.07) is 10.8. The van der Waals surface area contributed by atoms with Crippen molar-refractivity contribution in [2.45, 2.75) is 11.9 Å². The number of anilines is 1. The Hall–Kier alpha value is -2.34. The maximum Gasteiger partial charge on any atom is 0.253 e. The van der Waals surface area contributed by atoms with Crippen LogP contribution in [0.5, 0.6) is 0 Å². The van der Waals surface area contributed by atoms with Crippen molar-refractivity contribution in [1.29, 1.82) is 0 Å². The first-order valence-electron chi connectivity index (χ1n) is 7.13. The Bertz CT molecular complexity index is 699. The summed E-state index contributed by atoms with van der Waals surface area (Å²) in [7, 11) is 3.39. The zero-order valence-electron chi connectivity index (χ0n) is 13.4. The molecule has 0 bridgehead atoms. The Balaban J connectivity index is 1.93. The molecule has 0 atom stereocenters. The molecule has 0 unspecified atom stereocenters. The van der Waals surface area contributed by atoms with Gasteiger partial charge in [-0.25, -0.2) is 4.98 Å². The lowest BCUT2D eigenvalue weighted by atomic mass is 10.2. The van der Waals surface area contributed by atoms with Gasteiger partial charge in [0.25, 0.3) is 5.91 Å². The summed E-state index contributed by atoms with van der Waals surface area (Å²) in [5.41, 5.74) is 2.24. The van der Waals surface area contributed by atoms with Crippen LogP contribution in [0.25, 0.3) is 0 Å². The van der Waals surface area contributed by atoms with Crippen molar-refractivity contribution in [1.82, 2.24) is 9.88 Å². The molecule has 0 aliphatic carbocycles. The number of rotatable bonds is 5. The minimum Gasteiger partial charge on any atom is -0.345 e. The zero-order chi connectivity index (χ0) is 16.8. The van der Waals surface area contributed by atoms with E-state index in [9.17, 15) is 9.59 Å². The van der Waals surface area contributed by atoms with E-state index in [2.05, 4.69) is 10.3 Å². The van der Waals surface area contributed by atoms with E-state index in [1.54, 1.807) is 44.6 Å². The smallest absolute Gasteiger partial charge is 0.253 e. The maximum atomic E-state index is 12.0. The third-order valence-corrected chi connectivity index (χ3v) is 3.98. The molecule has 0 saturated carbocycles. The van der Waals surface area contributed by atoms with Crippen LogP contribution in [-0.4, -0.2) is 41.5 Å². The molecule has 1 heterocycles. The molecule has 1 N–H and O–H groups in total. The second-order valence-electron chi connectivity index (χ2n) is 5.29. The van der Waals surface area contributed by atoms with E-state index in [4.69, 9.17) is 0 Å². The van der Waals surface area contributed by atoms with Crippen molar-refractivity contribution in [2.24, 2.45) is 0 Å². The second kappa shape index (κ2) is 7.78. The summed E-state index contributed by atoms with van der Waals surface area (Å²) in [4.78, 5) is 29.7. The van der Waals surface area contributed by atoms with Crippen LogP contribution < -0.4 is 5.32 Å². The van der Waals surface area contributed by atoms with Gasteiger partial charge in [-0.2, -0.15) is 0 Å². The fourth-order valence-electron chi connectivity index (χ4n) is 1.86. The van der Waals surface area contributed by atoms with Gasteiger partial charge in [0.1, 0.15) is 0 Å². The van der Waals surface area contributed by atoms with Gasteiger partial charge in [0.15, 0.2) is 0 Å². The molecule has 120 valence electrons. The topological polar surface area (TPSA) is 62.3 Å². The van der Waals surface area contributed by atoms with Gasteiger partial charge >= 0.3 is 0 Å². The molecule has 1 aromatic carbocycles. The Kier molecular flexibility index (Phi) is 5.76. The number of carbonyl (C=O) groups excluding carboxylic acids is 2. The van der Waals surface area contributed by atoms with Gasteiger partial charge in [-0.1, -0.05) is 23.9 Å². The third-order valence-electron chi connectivity index (χ3n) is 3.03. The van der Waals surface area contributed by atoms with Gasteiger partial charge in [-0.05, 0) is 36.8 Å². The molecule has 2 amide bonds. The van der Waals surface area contributed by atoms with Gasteiger partial charge < -0.3 is 10.2 Å². The molecule has 0 aliphatic heterocycles. The number of hydrogen-bond donors (Lipinski definition) is 1. The lowest BCUT2D eigenvalue weighted by molar-refractivity contribution is -0.113. The number of aryl methyl sites for hydroxylation is 1. The summed E-state index contributed by atoms with van der Waals surface area (Å²) in [5.74, 6) is 0.0354. The molecule has 0 aliphatic rings. The van der Waals surface area contributed by atoms with Crippen molar-refractivity contribution in [3.05, 3.63) is 53.7 Å². The number of nitrogens with zero attached hydrogens (tertiary/aromatic N) is 2. The Labute approximate surface area is 140 Å². The fourth-order valence-corrected chi connectivity index (χ4v) is 2.51. The number of hydrogen-bond acceptors (Lipinski definition) is 4. The quantitative estimate of drug-likeness (QED) is 0.857. The van der Waals surface area contributed by atoms with Crippen molar-refractivity contribution >= 4 is 29.3 Å². The largest absolute Gasteiger partial charge is 0.345 e. The first kappa shape index (κ1) is 17.0. The Morgan fingerprint density at radius 2 is 2.00 bits per heavy atom. The van der Waals surface area contributed by atoms with Crippen LogP contribution >= 0.6 is 11.8 Å². The number of aromatic nitrogens is 1. The predicted molar refractivity (Wildman–Crippen MR) is 92.8 cm³/mol. The molecule has 2 rings (SSSR count).